The van der Waals surface area contributed by atoms with Crippen molar-refractivity contribution in [3.8, 4) is 0 Å². The number of esters is 2. The van der Waals surface area contributed by atoms with Crippen LogP contribution in [0.25, 0.3) is 50.4 Å². The van der Waals surface area contributed by atoms with Crippen LogP contribution in [0.3, 0.4) is 0 Å². The summed E-state index contributed by atoms with van der Waals surface area (Å²) in [6.07, 6.45) is 5.49. The smallest absolute Gasteiger partial charge is 0.870 e. The summed E-state index contributed by atoms with van der Waals surface area (Å²) in [5.41, 5.74) is 14.4. The molecule has 2 fully saturated rings. The van der Waals surface area contributed by atoms with Gasteiger partial charge in [0.1, 0.15) is 4.88 Å². The van der Waals surface area contributed by atoms with Crippen LogP contribution in [-0.2, 0) is 94.1 Å². The van der Waals surface area contributed by atoms with Gasteiger partial charge in [-0.3, -0.25) is 62.2 Å². The Morgan fingerprint density at radius 1 is 0.410 bits per heavy atom. The number of carbonyl (C=O) groups excluding carboxylic acids is 8. The van der Waals surface area contributed by atoms with Crippen LogP contribution in [0.5, 0.6) is 0 Å². The minimum Gasteiger partial charge on any atom is -0.870 e. The van der Waals surface area contributed by atoms with Crippen molar-refractivity contribution in [1.82, 2.24) is 84.8 Å². The van der Waals surface area contributed by atoms with Gasteiger partial charge in [-0.05, 0) is 190 Å². The third kappa shape index (κ3) is 24.9. The van der Waals surface area contributed by atoms with Crippen LogP contribution in [-0.4, -0.2) is 220 Å². The summed E-state index contributed by atoms with van der Waals surface area (Å²) in [6, 6.07) is 48.2. The van der Waals surface area contributed by atoms with E-state index in [9.17, 15) is 47.9 Å². The van der Waals surface area contributed by atoms with Crippen molar-refractivity contribution in [2.24, 2.45) is 5.90 Å². The molecule has 2 unspecified atom stereocenters. The van der Waals surface area contributed by atoms with Crippen LogP contribution in [0.15, 0.2) is 152 Å². The maximum absolute atomic E-state index is 13.2. The fourth-order valence-corrected chi connectivity index (χ4v) is 23.0. The normalized spacial score (nSPS) is 15.3. The Bertz CT molecular complexity index is 7160. The molecular weight excluding hydrogens is 1960 g/mol. The van der Waals surface area contributed by atoms with Crippen molar-refractivity contribution >= 4 is 179 Å². The topological polar surface area (TPSA) is 481 Å². The van der Waals surface area contributed by atoms with Crippen molar-refractivity contribution in [3.63, 3.8) is 0 Å². The molecule has 144 heavy (non-hydrogen) atoms. The maximum atomic E-state index is 13.2. The number of thiophene rings is 5. The molecule has 22 rings (SSSR count). The second-order valence-electron chi connectivity index (χ2n) is 33.8. The van der Waals surface area contributed by atoms with Gasteiger partial charge in [0.15, 0.2) is 41.0 Å². The molecule has 752 valence electrons. The molecule has 38 nitrogen and oxygen atoms in total. The number of ether oxygens (including phenoxy) is 4. The zero-order valence-corrected chi connectivity index (χ0v) is 85.3. The van der Waals surface area contributed by atoms with E-state index in [4.69, 9.17) is 45.1 Å². The number of carbonyl (C=O) groups is 10. The summed E-state index contributed by atoms with van der Waals surface area (Å²) in [4.78, 5) is 142. The van der Waals surface area contributed by atoms with Crippen molar-refractivity contribution < 1.29 is 116 Å². The number of nitrogens with zero attached hydrogens (tertiary/aromatic N) is 14. The number of carboxylic acid groups (broad SMARTS) is 2. The van der Waals surface area contributed by atoms with Crippen molar-refractivity contribution in [1.29, 1.82) is 0 Å². The fraction of sp³-hybridized carbons (Fsp3) is 0.343. The van der Waals surface area contributed by atoms with Gasteiger partial charge in [-0.1, -0.05) is 91.0 Å². The van der Waals surface area contributed by atoms with E-state index < -0.39 is 36.0 Å². The predicted molar refractivity (Wildman–Crippen MR) is 540 cm³/mol. The van der Waals surface area contributed by atoms with Crippen LogP contribution in [0, 0.1) is 34.6 Å². The minimum atomic E-state index is -1.05. The number of benzene rings is 5. The van der Waals surface area contributed by atoms with Crippen molar-refractivity contribution in [2.75, 3.05) is 59.2 Å². The molecule has 5 aromatic carbocycles. The molecule has 0 spiro atoms. The number of aromatic carboxylic acids is 2. The van der Waals surface area contributed by atoms with Crippen LogP contribution in [0.2, 0.25) is 0 Å². The van der Waals surface area contributed by atoms with Gasteiger partial charge in [0.05, 0.1) is 120 Å². The first-order chi connectivity index (χ1) is 68.2. The first-order valence-corrected chi connectivity index (χ1v) is 50.3. The Hall–Kier alpha value is -12.8. The molecule has 45 heteroatoms. The number of hydrogen-bond acceptors (Lipinski definition) is 30. The van der Waals surface area contributed by atoms with Gasteiger partial charge in [-0.15, -0.1) is 69.1 Å². The molecule has 15 aromatic rings. The summed E-state index contributed by atoms with van der Waals surface area (Å²) in [6.45, 7) is 23.9. The molecule has 2 atom stereocenters. The van der Waals surface area contributed by atoms with E-state index in [0.717, 1.165) is 185 Å². The van der Waals surface area contributed by atoms with Crippen molar-refractivity contribution in [2.45, 2.75) is 165 Å². The summed E-state index contributed by atoms with van der Waals surface area (Å²) in [7, 11) is 0. The molecule has 7 aliphatic heterocycles. The molecule has 0 bridgehead atoms. The van der Waals surface area contributed by atoms with Gasteiger partial charge in [-0.25, -0.2) is 40.9 Å². The zero-order valence-electron chi connectivity index (χ0n) is 80.4. The van der Waals surface area contributed by atoms with E-state index in [-0.39, 0.29) is 89.7 Å². The molecule has 2 saturated heterocycles. The monoisotopic (exact) mass is 2070 g/mol. The van der Waals surface area contributed by atoms with Gasteiger partial charge in [0, 0.05) is 88.8 Å². The Morgan fingerprint density at radius 2 is 0.715 bits per heavy atom. The first-order valence-electron chi connectivity index (χ1n) is 46.2. The van der Waals surface area contributed by atoms with Crippen LogP contribution in [0.1, 0.15) is 209 Å². The Kier molecular flexibility index (Phi) is 37.4. The van der Waals surface area contributed by atoms with E-state index in [1.807, 2.05) is 158 Å². The van der Waals surface area contributed by atoms with Crippen LogP contribution < -0.4 is 41.0 Å². The molecule has 10 aromatic heterocycles. The van der Waals surface area contributed by atoms with Gasteiger partial charge in [-0.2, -0.15) is 25.5 Å². The molecule has 6 amide bonds. The number of amides is 6. The van der Waals surface area contributed by atoms with Crippen LogP contribution >= 0.6 is 69.1 Å². The number of aryl methyl sites for hydroxylation is 5. The fourth-order valence-electron chi connectivity index (χ4n) is 17.2. The molecule has 0 saturated carbocycles. The number of fused-ring (bicyclic) bond motifs is 10. The average Bonchev–Trinajstić information content (AvgIpc) is 1.64. The molecule has 17 heterocycles. The number of rotatable bonds is 15. The van der Waals surface area contributed by atoms with E-state index in [0.29, 0.717) is 115 Å². The largest absolute Gasteiger partial charge is 1.00 e. The quantitative estimate of drug-likeness (QED) is 0.0217. The first kappa shape index (κ1) is 108. The summed E-state index contributed by atoms with van der Waals surface area (Å²) < 4.78 is 34.7. The number of aromatic nitrogens is 10. The van der Waals surface area contributed by atoms with Gasteiger partial charge >= 0.3 is 42.7 Å². The third-order valence-electron chi connectivity index (χ3n) is 24.7. The summed E-state index contributed by atoms with van der Waals surface area (Å²) in [5, 5.41) is 56.4. The Morgan fingerprint density at radius 3 is 1.03 bits per heavy atom. The predicted octanol–water partition coefficient (Wildman–Crippen LogP) is 12.2. The molecular formula is C99H108ClLiN18O20S5. The Balaban J connectivity index is 0.000000145. The van der Waals surface area contributed by atoms with E-state index >= 15 is 0 Å². The summed E-state index contributed by atoms with van der Waals surface area (Å²) >= 11 is 7.42. The zero-order chi connectivity index (χ0) is 99.2. The number of nitrogens with one attached hydrogen (secondary N) is 3. The molecule has 0 aliphatic carbocycles. The number of nitrogens with two attached hydrogens (primary N) is 1. The number of hydroxylamine groups is 2. The second kappa shape index (κ2) is 49.7. The van der Waals surface area contributed by atoms with Crippen molar-refractivity contribution in [3.05, 3.63) is 261 Å². The van der Waals surface area contributed by atoms with Gasteiger partial charge in [0.25, 0.3) is 35.4 Å². The number of halogens is 1. The van der Waals surface area contributed by atoms with E-state index in [2.05, 4.69) is 53.3 Å². The number of hydrogen-bond donors (Lipinski definition) is 7. The van der Waals surface area contributed by atoms with E-state index in [1.165, 1.54) is 63.1 Å². The Labute approximate surface area is 864 Å². The van der Waals surface area contributed by atoms with Gasteiger partial charge in [0.2, 0.25) is 0 Å². The van der Waals surface area contributed by atoms with E-state index in [1.54, 1.807) is 78.2 Å². The third-order valence-corrected chi connectivity index (χ3v) is 31.0. The SMILES string of the molecule is CCOC(=O)c1cc2n(n1)CCN(C(=O)c1sc3ccccc3c1C)C2.CCOC(=O)c1cc2n(n1)CCNC2.Cc1c(C(=O)N2CCn3nc(C(=O)NO)cc3C2)sc2ccccc12.Cc1c(C(=O)N2CCn3nc(C(=O)NOC4CCCCO4)cc3C2)sc2ccccc12.Cc1c(C(=O)N2CCn3nc(C(=O)O)cc3C2)sc2ccccc12.Cc1c(C(=O)O)sc2ccccc12.Cl.NOC1CCCCO1.[Li+].[OH-]. The molecule has 0 radical (unpaired) electrons. The standard InChI is InChI=1S/C22H24N4O4S.C19H19N3O3S.C17H16N4O3S.C17H15N3O3S.C10H8O2S.C9H13N3O2.C5H11NO2.ClH.Li.H2O/c1-14-16-6-2-3-7-18(16)31-20(14)22(28)25-9-10-26-15(13-25)12-17(23-26)21(27)24-30-19-8-4-5-11-29-19;1-3-25-19(24)15-10-13-11-21(8-9-22(13)20-15)18(23)17-12(2)14-6-4-5-7-16(14)26-17;1-10-12-4-2-3-5-14(12)25-15(10)17(23)20-6-7-21-11(9-20)8-13(18-21)16(22)19-24;1-10-12-4-2-3-5-14(12)24-15(10)16(21)19-6-7-20-11(9-19)8-13(18-20)17(22)23;1-6-7-4-2-3-5-8(7)13-9(6)10(11)12;1-2-14-9(13)8-5-7-6-10-3-4-12(7)11-8;6-8-5-3-1-2-4-7-5;;;/h2-3,6-7,12,19H,4-5,8-11,13H2,1H3,(H,24,27);4-7,10H,3,8-9,11H2,1-2H3;2-5,8,24H,6-7,9H2,1H3,(H,19,22);2-5,8H,6-7,9H2,1H3,(H,22,23);2-5H,1H3,(H,11,12);5,10H,2-4,6H2,1H3;5H,1-4,6H2;1H;;1H2/q;;;;;;;;+1;/p-1. The molecule has 9 N–H and O–H groups in total. The second-order valence-corrected chi connectivity index (χ2v) is 39.1. The summed E-state index contributed by atoms with van der Waals surface area (Å²) in [5.74, 6) is 1.23. The van der Waals surface area contributed by atoms with Gasteiger partial charge < -0.3 is 59.6 Å². The molecule has 7 aliphatic rings. The number of carboxylic acids is 2. The van der Waals surface area contributed by atoms with Crippen LogP contribution in [0.4, 0.5) is 0 Å². The average molecular weight is 2070 g/mol. The maximum Gasteiger partial charge on any atom is 1.00 e. The minimum absolute atomic E-state index is 0.